The number of aromatic nitrogens is 2. The van der Waals surface area contributed by atoms with Crippen LogP contribution in [0.3, 0.4) is 0 Å². The maximum absolute atomic E-state index is 13.2. The fourth-order valence-electron chi connectivity index (χ4n) is 3.74. The van der Waals surface area contributed by atoms with Crippen molar-refractivity contribution in [1.82, 2.24) is 14.9 Å². The van der Waals surface area contributed by atoms with Crippen LogP contribution in [0.1, 0.15) is 28.8 Å². The van der Waals surface area contributed by atoms with Gasteiger partial charge in [-0.25, -0.2) is 4.98 Å². The molecule has 3 aromatic carbocycles. The molecular formula is C26H21ClF3N3O2. The molecule has 180 valence electrons. The molecule has 1 amide bonds. The Morgan fingerprint density at radius 2 is 1.71 bits per heavy atom. The third kappa shape index (κ3) is 6.08. The van der Waals surface area contributed by atoms with Crippen LogP contribution >= 0.6 is 11.6 Å². The minimum Gasteiger partial charge on any atom is -0.352 e. The van der Waals surface area contributed by atoms with Crippen LogP contribution in [0, 0.1) is 0 Å². The number of benzene rings is 3. The summed E-state index contributed by atoms with van der Waals surface area (Å²) in [4.78, 5) is 30.1. The van der Waals surface area contributed by atoms with Gasteiger partial charge in [-0.15, -0.1) is 0 Å². The number of fused-ring (bicyclic) bond motifs is 1. The van der Waals surface area contributed by atoms with Crippen molar-refractivity contribution in [1.29, 1.82) is 0 Å². The summed E-state index contributed by atoms with van der Waals surface area (Å²) >= 11 is 6.13. The minimum absolute atomic E-state index is 0.0430. The summed E-state index contributed by atoms with van der Waals surface area (Å²) in [6.45, 7) is 0.275. The predicted octanol–water partition coefficient (Wildman–Crippen LogP) is 5.37. The molecule has 1 N–H and O–H groups in total. The van der Waals surface area contributed by atoms with Crippen LogP contribution in [-0.4, -0.2) is 15.5 Å². The van der Waals surface area contributed by atoms with E-state index >= 15 is 0 Å². The number of nitrogens with zero attached hydrogens (tertiary/aromatic N) is 2. The van der Waals surface area contributed by atoms with Crippen LogP contribution in [0.5, 0.6) is 0 Å². The summed E-state index contributed by atoms with van der Waals surface area (Å²) < 4.78 is 40.3. The van der Waals surface area contributed by atoms with Crippen LogP contribution in [0.4, 0.5) is 13.2 Å². The van der Waals surface area contributed by atoms with E-state index in [-0.39, 0.29) is 30.6 Å². The standard InChI is InChI=1S/C26H21ClF3N3O2/c27-20-9-11-23-22(14-20)32-21(25(35)33(23)16-17-5-2-1-3-6-17)10-12-24(34)31-15-18-7-4-8-19(13-18)26(28,29)30/h1-9,11,13-14H,10,12,15-16H2,(H,31,34). The first-order chi connectivity index (χ1) is 16.7. The SMILES string of the molecule is O=C(CCc1nc2cc(Cl)ccc2n(Cc2ccccc2)c1=O)NCc1cccc(C(F)(F)F)c1. The van der Waals surface area contributed by atoms with Gasteiger partial charge in [-0.05, 0) is 41.5 Å². The van der Waals surface area contributed by atoms with Gasteiger partial charge in [-0.2, -0.15) is 13.2 Å². The molecule has 0 aliphatic carbocycles. The highest BCUT2D eigenvalue weighted by molar-refractivity contribution is 6.31. The average Bonchev–Trinajstić information content (AvgIpc) is 2.83. The number of hydrogen-bond acceptors (Lipinski definition) is 3. The van der Waals surface area contributed by atoms with Gasteiger partial charge in [0.25, 0.3) is 5.56 Å². The van der Waals surface area contributed by atoms with Gasteiger partial charge in [0, 0.05) is 24.4 Å². The van der Waals surface area contributed by atoms with E-state index in [0.29, 0.717) is 28.2 Å². The fourth-order valence-corrected chi connectivity index (χ4v) is 3.90. The van der Waals surface area contributed by atoms with Crippen LogP contribution in [0.25, 0.3) is 11.0 Å². The molecule has 0 unspecified atom stereocenters. The minimum atomic E-state index is -4.45. The molecule has 5 nitrogen and oxygen atoms in total. The number of halogens is 4. The number of amides is 1. The molecular weight excluding hydrogens is 479 g/mol. The van der Waals surface area contributed by atoms with E-state index in [1.54, 1.807) is 22.8 Å². The fraction of sp³-hybridized carbons (Fsp3) is 0.192. The Morgan fingerprint density at radius 3 is 2.46 bits per heavy atom. The molecule has 0 aliphatic heterocycles. The molecule has 4 aromatic rings. The Balaban J connectivity index is 1.50. The summed E-state index contributed by atoms with van der Waals surface area (Å²) in [7, 11) is 0. The van der Waals surface area contributed by atoms with Crippen LogP contribution in [-0.2, 0) is 30.5 Å². The van der Waals surface area contributed by atoms with Crippen molar-refractivity contribution in [3.05, 3.63) is 111 Å². The van der Waals surface area contributed by atoms with Gasteiger partial charge in [0.15, 0.2) is 0 Å². The maximum Gasteiger partial charge on any atom is 0.416 e. The summed E-state index contributed by atoms with van der Waals surface area (Å²) in [6, 6.07) is 19.3. The lowest BCUT2D eigenvalue weighted by molar-refractivity contribution is -0.137. The van der Waals surface area contributed by atoms with Crippen LogP contribution < -0.4 is 10.9 Å². The summed E-state index contributed by atoms with van der Waals surface area (Å²) in [5, 5.41) is 3.08. The molecule has 0 radical (unpaired) electrons. The van der Waals surface area contributed by atoms with E-state index in [4.69, 9.17) is 11.6 Å². The first kappa shape index (κ1) is 24.5. The van der Waals surface area contributed by atoms with Crippen LogP contribution in [0.2, 0.25) is 5.02 Å². The van der Waals surface area contributed by atoms with E-state index in [1.807, 2.05) is 30.3 Å². The third-order valence-corrected chi connectivity index (χ3v) is 5.73. The number of nitrogens with one attached hydrogen (secondary N) is 1. The van der Waals surface area contributed by atoms with Crippen molar-refractivity contribution in [2.45, 2.75) is 32.1 Å². The molecule has 9 heteroatoms. The highest BCUT2D eigenvalue weighted by Crippen LogP contribution is 2.29. The number of carbonyl (C=O) groups excluding carboxylic acids is 1. The van der Waals surface area contributed by atoms with Crippen molar-refractivity contribution in [2.24, 2.45) is 0 Å². The number of alkyl halides is 3. The Kier molecular flexibility index (Phi) is 7.21. The third-order valence-electron chi connectivity index (χ3n) is 5.49. The first-order valence-electron chi connectivity index (χ1n) is 10.9. The molecule has 4 rings (SSSR count). The second kappa shape index (κ2) is 10.3. The molecule has 35 heavy (non-hydrogen) atoms. The molecule has 0 saturated heterocycles. The lowest BCUT2D eigenvalue weighted by Gasteiger charge is -2.13. The summed E-state index contributed by atoms with van der Waals surface area (Å²) in [5.41, 5.74) is 1.55. The lowest BCUT2D eigenvalue weighted by atomic mass is 10.1. The second-order valence-corrected chi connectivity index (χ2v) is 8.48. The average molecular weight is 500 g/mol. The van der Waals surface area contributed by atoms with Gasteiger partial charge in [-0.3, -0.25) is 9.59 Å². The molecule has 0 atom stereocenters. The highest BCUT2D eigenvalue weighted by atomic mass is 35.5. The van der Waals surface area contributed by atoms with E-state index in [0.717, 1.165) is 17.7 Å². The molecule has 0 fully saturated rings. The van der Waals surface area contributed by atoms with Gasteiger partial charge < -0.3 is 9.88 Å². The van der Waals surface area contributed by atoms with Crippen molar-refractivity contribution in [2.75, 3.05) is 0 Å². The number of rotatable bonds is 7. The lowest BCUT2D eigenvalue weighted by Crippen LogP contribution is -2.28. The number of carbonyl (C=O) groups is 1. The number of aryl methyl sites for hydroxylation is 1. The van der Waals surface area contributed by atoms with Gasteiger partial charge in [-0.1, -0.05) is 54.1 Å². The summed E-state index contributed by atoms with van der Waals surface area (Å²) in [6.07, 6.45) is -4.42. The number of hydrogen-bond donors (Lipinski definition) is 1. The van der Waals surface area contributed by atoms with Crippen molar-refractivity contribution >= 4 is 28.5 Å². The zero-order valence-corrected chi connectivity index (χ0v) is 19.2. The van der Waals surface area contributed by atoms with Gasteiger partial charge in [0.05, 0.1) is 23.1 Å². The van der Waals surface area contributed by atoms with E-state index in [9.17, 15) is 22.8 Å². The molecule has 1 heterocycles. The van der Waals surface area contributed by atoms with E-state index < -0.39 is 17.6 Å². The second-order valence-electron chi connectivity index (χ2n) is 8.04. The predicted molar refractivity (Wildman–Crippen MR) is 128 cm³/mol. The molecule has 0 saturated carbocycles. The largest absolute Gasteiger partial charge is 0.416 e. The Labute approximate surface area is 204 Å². The maximum atomic E-state index is 13.2. The van der Waals surface area contributed by atoms with Gasteiger partial charge >= 0.3 is 6.18 Å². The molecule has 0 spiro atoms. The molecule has 1 aromatic heterocycles. The Hall–Kier alpha value is -3.65. The highest BCUT2D eigenvalue weighted by Gasteiger charge is 2.30. The zero-order valence-electron chi connectivity index (χ0n) is 18.5. The summed E-state index contributed by atoms with van der Waals surface area (Å²) in [5.74, 6) is -0.399. The van der Waals surface area contributed by atoms with Crippen molar-refractivity contribution in [3.8, 4) is 0 Å². The van der Waals surface area contributed by atoms with Crippen molar-refractivity contribution in [3.63, 3.8) is 0 Å². The molecule has 0 aliphatic rings. The quantitative estimate of drug-likeness (QED) is 0.372. The van der Waals surface area contributed by atoms with E-state index in [2.05, 4.69) is 10.3 Å². The first-order valence-corrected chi connectivity index (χ1v) is 11.2. The Bertz CT molecular complexity index is 1420. The van der Waals surface area contributed by atoms with E-state index in [1.165, 1.54) is 12.1 Å². The van der Waals surface area contributed by atoms with Crippen molar-refractivity contribution < 1.29 is 18.0 Å². The monoisotopic (exact) mass is 499 g/mol. The zero-order chi connectivity index (χ0) is 25.0. The van der Waals surface area contributed by atoms with Gasteiger partial charge in [0.1, 0.15) is 5.69 Å². The van der Waals surface area contributed by atoms with Crippen LogP contribution in [0.15, 0.2) is 77.6 Å². The van der Waals surface area contributed by atoms with Gasteiger partial charge in [0.2, 0.25) is 5.91 Å². The normalized spacial score (nSPS) is 11.5. The Morgan fingerprint density at radius 1 is 0.971 bits per heavy atom. The smallest absolute Gasteiger partial charge is 0.352 e. The molecule has 0 bridgehead atoms. The topological polar surface area (TPSA) is 64.0 Å².